The minimum absolute atomic E-state index is 0.716. The summed E-state index contributed by atoms with van der Waals surface area (Å²) in [6, 6.07) is 57.1. The van der Waals surface area contributed by atoms with E-state index in [0.29, 0.717) is 5.02 Å². The van der Waals surface area contributed by atoms with Crippen LogP contribution in [-0.4, -0.2) is 29.3 Å². The maximum Gasteiger partial charge on any atom is 0.147 e. The highest BCUT2D eigenvalue weighted by atomic mass is 127. The van der Waals surface area contributed by atoms with Crippen molar-refractivity contribution in [1.29, 1.82) is 0 Å². The van der Waals surface area contributed by atoms with Gasteiger partial charge in [0, 0.05) is 50.1 Å². The Bertz CT molecular complexity index is 3730. The maximum atomic E-state index is 5.64. The number of nitrogens with zero attached hydrogens (tertiary/aromatic N) is 5. The van der Waals surface area contributed by atoms with Gasteiger partial charge in [0.15, 0.2) is 0 Å². The van der Waals surface area contributed by atoms with E-state index < -0.39 is 0 Å². The predicted octanol–water partition coefficient (Wildman–Crippen LogP) is 14.4. The van der Waals surface area contributed by atoms with E-state index >= 15 is 0 Å². The van der Waals surface area contributed by atoms with Crippen LogP contribution in [0, 0.1) is 3.57 Å². The van der Waals surface area contributed by atoms with E-state index in [0.717, 1.165) is 53.6 Å². The summed E-state index contributed by atoms with van der Waals surface area (Å²) >= 11 is 7.79. The first-order valence-electron chi connectivity index (χ1n) is 19.6. The van der Waals surface area contributed by atoms with Crippen LogP contribution < -0.4 is 0 Å². The van der Waals surface area contributed by atoms with Crippen molar-refractivity contribution in [3.05, 3.63) is 197 Å². The molecule has 0 fully saturated rings. The van der Waals surface area contributed by atoms with Crippen LogP contribution in [0.4, 0.5) is 0 Å². The number of rotatable bonds is 1. The van der Waals surface area contributed by atoms with Gasteiger partial charge in [-0.05, 0) is 108 Å². The fraction of sp³-hybridized carbons (Fsp3) is 0. The molecule has 0 saturated heterocycles. The Hall–Kier alpha value is -6.94. The second kappa shape index (κ2) is 15.0. The number of benzene rings is 8. The van der Waals surface area contributed by atoms with Crippen molar-refractivity contribution in [3.63, 3.8) is 0 Å². The van der Waals surface area contributed by atoms with Crippen molar-refractivity contribution in [2.75, 3.05) is 0 Å². The number of aromatic nitrogens is 6. The summed E-state index contributed by atoms with van der Waals surface area (Å²) in [6.45, 7) is 0. The van der Waals surface area contributed by atoms with E-state index in [1.54, 1.807) is 12.4 Å². The van der Waals surface area contributed by atoms with Gasteiger partial charge in [0.2, 0.25) is 0 Å². The van der Waals surface area contributed by atoms with E-state index in [1.165, 1.54) is 53.9 Å². The molecule has 60 heavy (non-hydrogen) atoms. The molecule has 0 atom stereocenters. The summed E-state index contributed by atoms with van der Waals surface area (Å²) in [6.07, 6.45) is 7.20. The number of para-hydroxylation sites is 4. The lowest BCUT2D eigenvalue weighted by molar-refractivity contribution is 1.29. The lowest BCUT2D eigenvalue weighted by atomic mass is 9.93. The lowest BCUT2D eigenvalue weighted by Gasteiger charge is -2.14. The number of pyridine rings is 3. The molecule has 0 bridgehead atoms. The zero-order chi connectivity index (χ0) is 40.2. The van der Waals surface area contributed by atoms with Gasteiger partial charge in [-0.2, -0.15) is 0 Å². The van der Waals surface area contributed by atoms with Crippen LogP contribution in [0.15, 0.2) is 189 Å². The summed E-state index contributed by atoms with van der Waals surface area (Å²) in [5.41, 5.74) is 7.49. The molecule has 6 nitrogen and oxygen atoms in total. The summed E-state index contributed by atoms with van der Waals surface area (Å²) in [5, 5.41) is 14.3. The van der Waals surface area contributed by atoms with Crippen LogP contribution in [0.5, 0.6) is 0 Å². The topological polar surface area (TPSA) is 71.8 Å². The normalized spacial score (nSPS) is 11.5. The van der Waals surface area contributed by atoms with E-state index in [-0.39, 0.29) is 0 Å². The number of H-pyrrole nitrogens is 1. The van der Waals surface area contributed by atoms with Gasteiger partial charge in [-0.15, -0.1) is 0 Å². The first-order chi connectivity index (χ1) is 29.6. The maximum absolute atomic E-state index is 5.64. The average molecular weight is 903 g/mol. The van der Waals surface area contributed by atoms with E-state index in [9.17, 15) is 0 Å². The van der Waals surface area contributed by atoms with Gasteiger partial charge in [-0.25, -0.2) is 9.97 Å². The van der Waals surface area contributed by atoms with Crippen molar-refractivity contribution >= 4 is 127 Å². The van der Waals surface area contributed by atoms with Gasteiger partial charge in [-0.3, -0.25) is 14.4 Å². The molecule has 13 rings (SSSR count). The highest BCUT2D eigenvalue weighted by Gasteiger charge is 2.19. The third-order valence-corrected chi connectivity index (χ3v) is 12.7. The molecule has 13 aromatic rings. The fourth-order valence-corrected chi connectivity index (χ4v) is 8.97. The Morgan fingerprint density at radius 1 is 0.483 bits per heavy atom. The Balaban J connectivity index is 0.000000117. The Morgan fingerprint density at radius 3 is 1.78 bits per heavy atom. The van der Waals surface area contributed by atoms with Gasteiger partial charge in [-0.1, -0.05) is 133 Å². The largest absolute Gasteiger partial charge is 0.338 e. The molecule has 5 aromatic heterocycles. The first kappa shape index (κ1) is 36.2. The third-order valence-electron chi connectivity index (χ3n) is 11.2. The Kier molecular flexibility index (Phi) is 9.05. The minimum atomic E-state index is 0.716. The number of aromatic amines is 1. The molecule has 0 saturated carbocycles. The molecule has 0 spiro atoms. The summed E-state index contributed by atoms with van der Waals surface area (Å²) in [7, 11) is 0. The zero-order valence-corrected chi connectivity index (χ0v) is 34.8. The second-order valence-corrected chi connectivity index (χ2v) is 16.1. The molecule has 0 aliphatic rings. The molecule has 8 heteroatoms. The highest BCUT2D eigenvalue weighted by molar-refractivity contribution is 14.1. The molecule has 0 radical (unpaired) electrons. The number of imidazole rings is 2. The van der Waals surface area contributed by atoms with Gasteiger partial charge in [0.1, 0.15) is 11.5 Å². The molecular weight excluding hydrogens is 871 g/mol. The van der Waals surface area contributed by atoms with Crippen molar-refractivity contribution in [1.82, 2.24) is 29.3 Å². The zero-order valence-electron chi connectivity index (χ0n) is 31.9. The summed E-state index contributed by atoms with van der Waals surface area (Å²) < 4.78 is 3.33. The molecule has 0 amide bonds. The first-order valence-corrected chi connectivity index (χ1v) is 21.0. The fourth-order valence-electron chi connectivity index (χ4n) is 8.55. The third kappa shape index (κ3) is 6.08. The van der Waals surface area contributed by atoms with Crippen molar-refractivity contribution < 1.29 is 0 Å². The lowest BCUT2D eigenvalue weighted by Crippen LogP contribution is -1.94. The van der Waals surface area contributed by atoms with Crippen LogP contribution in [0.3, 0.4) is 0 Å². The predicted molar refractivity (Wildman–Crippen MR) is 259 cm³/mol. The summed E-state index contributed by atoms with van der Waals surface area (Å²) in [4.78, 5) is 21.6. The van der Waals surface area contributed by atoms with Gasteiger partial charge >= 0.3 is 0 Å². The quantitative estimate of drug-likeness (QED) is 0.132. The Labute approximate surface area is 362 Å². The number of halogens is 2. The van der Waals surface area contributed by atoms with Crippen molar-refractivity contribution in [3.8, 4) is 11.4 Å². The van der Waals surface area contributed by atoms with Crippen LogP contribution >= 0.6 is 34.2 Å². The molecule has 0 aliphatic carbocycles. The molecule has 1 N–H and O–H groups in total. The average Bonchev–Trinajstić information content (AvgIpc) is 3.93. The highest BCUT2D eigenvalue weighted by Crippen LogP contribution is 2.42. The minimum Gasteiger partial charge on any atom is -0.338 e. The standard InChI is InChI=1S/C26H15N3.C21H14N2.C5H3ClIN/c1-3-9-18-16(7-1)17-8-2-4-10-19(17)25-24(18)20-15-27-14-13-22(20)29-23-12-6-5-11-21(23)28-26(25)29;1-2-8-15-14(7-1)13-18(17-10-4-3-9-16(15)17)21-22-19-11-5-6-12-20(19)23-21;6-4-3-8-2-1-5(4)7/h1-15H;1-13H,(H,22,23);1-3H. The van der Waals surface area contributed by atoms with Crippen molar-refractivity contribution in [2.45, 2.75) is 0 Å². The van der Waals surface area contributed by atoms with Crippen LogP contribution in [0.1, 0.15) is 0 Å². The van der Waals surface area contributed by atoms with Crippen molar-refractivity contribution in [2.24, 2.45) is 0 Å². The van der Waals surface area contributed by atoms with Crippen LogP contribution in [-0.2, 0) is 0 Å². The molecule has 284 valence electrons. The number of fused-ring (bicyclic) bond motifs is 17. The van der Waals surface area contributed by atoms with Gasteiger partial charge in [0.05, 0.1) is 32.6 Å². The van der Waals surface area contributed by atoms with Gasteiger partial charge < -0.3 is 4.98 Å². The van der Waals surface area contributed by atoms with E-state index in [2.05, 4.69) is 175 Å². The molecule has 8 aromatic carbocycles. The molecule has 0 aliphatic heterocycles. The second-order valence-electron chi connectivity index (χ2n) is 14.6. The smallest absolute Gasteiger partial charge is 0.147 e. The number of hydrogen-bond donors (Lipinski definition) is 1. The summed E-state index contributed by atoms with van der Waals surface area (Å²) in [5.74, 6) is 0.924. The number of hydrogen-bond acceptors (Lipinski definition) is 4. The van der Waals surface area contributed by atoms with Crippen LogP contribution in [0.2, 0.25) is 5.02 Å². The molecule has 5 heterocycles. The molecule has 0 unspecified atom stereocenters. The van der Waals surface area contributed by atoms with Gasteiger partial charge in [0.25, 0.3) is 0 Å². The van der Waals surface area contributed by atoms with E-state index in [4.69, 9.17) is 21.6 Å². The van der Waals surface area contributed by atoms with E-state index in [1.807, 2.05) is 42.7 Å². The van der Waals surface area contributed by atoms with Crippen LogP contribution in [0.25, 0.3) is 104 Å². The Morgan fingerprint density at radius 2 is 1.07 bits per heavy atom. The SMILES string of the molecule is Clc1cnccc1I.c1ccc2c(c1)cc(-c1nc3ccccc3[nH]1)c1ccccc12.c1ccc2c(c1)nc1c3c4ccccc4c4ccccc4c3c3cnccc3n21. The molecular formula is C52H32ClIN6. The monoisotopic (exact) mass is 902 g/mol. The number of nitrogens with one attached hydrogen (secondary N) is 1.